The summed E-state index contributed by atoms with van der Waals surface area (Å²) in [4.78, 5) is 31.7. The Balaban J connectivity index is 1.52. The van der Waals surface area contributed by atoms with Gasteiger partial charge < -0.3 is 30.1 Å². The first kappa shape index (κ1) is 27.6. The first-order chi connectivity index (χ1) is 19.2. The lowest BCUT2D eigenvalue weighted by Gasteiger charge is -2.28. The Kier molecular flexibility index (Phi) is 8.00. The highest BCUT2D eigenvalue weighted by atomic mass is 35.5. The molecule has 0 aromatic heterocycles. The molecular formula is C31H34ClN5O3. The van der Waals surface area contributed by atoms with E-state index in [-0.39, 0.29) is 11.8 Å². The van der Waals surface area contributed by atoms with E-state index in [4.69, 9.17) is 16.3 Å². The molecule has 0 spiro atoms. The van der Waals surface area contributed by atoms with Crippen molar-refractivity contribution in [2.24, 2.45) is 0 Å². The van der Waals surface area contributed by atoms with Gasteiger partial charge in [-0.2, -0.15) is 0 Å². The highest BCUT2D eigenvalue weighted by Gasteiger charge is 2.29. The molecule has 208 valence electrons. The van der Waals surface area contributed by atoms with Gasteiger partial charge in [-0.3, -0.25) is 9.59 Å². The zero-order valence-corrected chi connectivity index (χ0v) is 24.0. The monoisotopic (exact) mass is 559 g/mol. The van der Waals surface area contributed by atoms with Crippen LogP contribution in [0.4, 0.5) is 22.7 Å². The van der Waals surface area contributed by atoms with E-state index in [0.717, 1.165) is 53.4 Å². The van der Waals surface area contributed by atoms with Gasteiger partial charge in [0.2, 0.25) is 5.91 Å². The molecule has 2 aliphatic heterocycles. The zero-order valence-electron chi connectivity index (χ0n) is 23.3. The second-order valence-corrected chi connectivity index (χ2v) is 10.8. The molecule has 0 unspecified atom stereocenters. The van der Waals surface area contributed by atoms with Gasteiger partial charge in [-0.05, 0) is 75.6 Å². The summed E-state index contributed by atoms with van der Waals surface area (Å²) in [5, 5.41) is 7.00. The van der Waals surface area contributed by atoms with Gasteiger partial charge in [0, 0.05) is 48.0 Å². The number of amides is 2. The van der Waals surface area contributed by atoms with Crippen molar-refractivity contribution in [3.63, 3.8) is 0 Å². The smallest absolute Gasteiger partial charge is 0.258 e. The summed E-state index contributed by atoms with van der Waals surface area (Å²) in [7, 11) is 6.08. The minimum Gasteiger partial charge on any atom is -0.490 e. The molecule has 0 saturated carbocycles. The van der Waals surface area contributed by atoms with Crippen molar-refractivity contribution < 1.29 is 14.3 Å². The van der Waals surface area contributed by atoms with Gasteiger partial charge in [0.1, 0.15) is 12.4 Å². The third kappa shape index (κ3) is 5.78. The van der Waals surface area contributed by atoms with Crippen LogP contribution in [0.2, 0.25) is 5.02 Å². The number of fused-ring (bicyclic) bond motifs is 2. The summed E-state index contributed by atoms with van der Waals surface area (Å²) < 4.78 is 5.97. The quantitative estimate of drug-likeness (QED) is 0.360. The maximum Gasteiger partial charge on any atom is 0.258 e. The molecule has 0 radical (unpaired) electrons. The van der Waals surface area contributed by atoms with Gasteiger partial charge in [0.15, 0.2) is 0 Å². The number of nitrogens with zero attached hydrogens (tertiary/aromatic N) is 3. The number of halogens is 1. The molecule has 40 heavy (non-hydrogen) atoms. The van der Waals surface area contributed by atoms with Gasteiger partial charge in [0.25, 0.3) is 5.91 Å². The van der Waals surface area contributed by atoms with Crippen LogP contribution in [-0.4, -0.2) is 64.1 Å². The van der Waals surface area contributed by atoms with Crippen LogP contribution in [0.1, 0.15) is 24.5 Å². The number of hydrogen-bond acceptors (Lipinski definition) is 6. The highest BCUT2D eigenvalue weighted by Crippen LogP contribution is 2.41. The maximum absolute atomic E-state index is 13.3. The molecule has 2 heterocycles. The second kappa shape index (κ2) is 11.6. The fourth-order valence-corrected chi connectivity index (χ4v) is 5.24. The third-order valence-electron chi connectivity index (χ3n) is 7.14. The van der Waals surface area contributed by atoms with Gasteiger partial charge in [0.05, 0.1) is 29.2 Å². The van der Waals surface area contributed by atoms with Crippen molar-refractivity contribution in [1.29, 1.82) is 0 Å². The van der Waals surface area contributed by atoms with Crippen LogP contribution in [0.3, 0.4) is 0 Å². The molecule has 0 saturated heterocycles. The fraction of sp³-hybridized carbons (Fsp3) is 0.290. The summed E-state index contributed by atoms with van der Waals surface area (Å²) in [6, 6.07) is 19.1. The van der Waals surface area contributed by atoms with Crippen LogP contribution >= 0.6 is 11.6 Å². The van der Waals surface area contributed by atoms with Crippen LogP contribution in [0, 0.1) is 0 Å². The molecule has 0 bridgehead atoms. The number of benzene rings is 3. The number of nitrogens with one attached hydrogen (secondary N) is 2. The van der Waals surface area contributed by atoms with Crippen LogP contribution in [0.5, 0.6) is 5.75 Å². The SMILES string of the molecule is CC(=O)N(CCCN(C)C)c1ccc(N/C(=C2\C(=O)Nc3cc(Cl)ccc32)c2ccc3c(c2)OCCN3C)cc1. The number of likely N-dealkylation sites (N-methyl/N-ethyl adjacent to an activating group) is 1. The van der Waals surface area contributed by atoms with Crippen molar-refractivity contribution in [3.05, 3.63) is 76.8 Å². The van der Waals surface area contributed by atoms with Crippen LogP contribution in [0.25, 0.3) is 11.3 Å². The number of carbonyl (C=O) groups is 2. The predicted molar refractivity (Wildman–Crippen MR) is 163 cm³/mol. The molecular weight excluding hydrogens is 526 g/mol. The minimum absolute atomic E-state index is 0.000746. The van der Waals surface area contributed by atoms with Crippen molar-refractivity contribution in [1.82, 2.24) is 4.90 Å². The standard InChI is InChI=1S/C31H34ClN5O3/c1-20(38)37(15-5-14-35(2)3)24-10-8-23(9-11-24)33-30(21-6-13-27-28(18-21)40-17-16-36(27)4)29-25-12-7-22(32)19-26(25)34-31(29)39/h6-13,18-19,33H,5,14-17H2,1-4H3,(H,34,39)/b30-29-. The lowest BCUT2D eigenvalue weighted by molar-refractivity contribution is -0.116. The molecule has 2 amide bonds. The Hall–Kier alpha value is -4.01. The fourth-order valence-electron chi connectivity index (χ4n) is 5.07. The van der Waals surface area contributed by atoms with E-state index in [0.29, 0.717) is 35.1 Å². The Morgan fingerprint density at radius 1 is 1.07 bits per heavy atom. The van der Waals surface area contributed by atoms with Crippen molar-refractivity contribution in [2.45, 2.75) is 13.3 Å². The van der Waals surface area contributed by atoms with E-state index < -0.39 is 0 Å². The summed E-state index contributed by atoms with van der Waals surface area (Å²) in [5.41, 5.74) is 6.06. The van der Waals surface area contributed by atoms with Crippen LogP contribution < -0.4 is 25.2 Å². The van der Waals surface area contributed by atoms with E-state index in [9.17, 15) is 9.59 Å². The van der Waals surface area contributed by atoms with Gasteiger partial charge in [-0.25, -0.2) is 0 Å². The van der Waals surface area contributed by atoms with Crippen molar-refractivity contribution >= 4 is 57.4 Å². The highest BCUT2D eigenvalue weighted by molar-refractivity contribution is 6.38. The Labute approximate surface area is 240 Å². The Morgan fingerprint density at radius 3 is 2.58 bits per heavy atom. The van der Waals surface area contributed by atoms with E-state index in [1.165, 1.54) is 0 Å². The molecule has 9 heteroatoms. The average molecular weight is 560 g/mol. The average Bonchev–Trinajstić information content (AvgIpc) is 3.24. The number of rotatable bonds is 8. The molecule has 0 aliphatic carbocycles. The molecule has 8 nitrogen and oxygen atoms in total. The van der Waals surface area contributed by atoms with Crippen molar-refractivity contribution in [2.75, 3.05) is 67.8 Å². The Bertz CT molecular complexity index is 1470. The first-order valence-electron chi connectivity index (χ1n) is 13.3. The maximum atomic E-state index is 13.3. The van der Waals surface area contributed by atoms with Crippen LogP contribution in [0.15, 0.2) is 60.7 Å². The van der Waals surface area contributed by atoms with Crippen molar-refractivity contribution in [3.8, 4) is 5.75 Å². The first-order valence-corrected chi connectivity index (χ1v) is 13.7. The van der Waals surface area contributed by atoms with E-state index >= 15 is 0 Å². The van der Waals surface area contributed by atoms with Crippen LogP contribution in [-0.2, 0) is 9.59 Å². The number of carbonyl (C=O) groups excluding carboxylic acids is 2. The molecule has 2 aliphatic rings. The summed E-state index contributed by atoms with van der Waals surface area (Å²) >= 11 is 6.21. The summed E-state index contributed by atoms with van der Waals surface area (Å²) in [6.45, 7) is 4.53. The van der Waals surface area contributed by atoms with E-state index in [1.807, 2.05) is 69.7 Å². The Morgan fingerprint density at radius 2 is 1.85 bits per heavy atom. The topological polar surface area (TPSA) is 77.2 Å². The zero-order chi connectivity index (χ0) is 28.4. The van der Waals surface area contributed by atoms with Gasteiger partial charge >= 0.3 is 0 Å². The summed E-state index contributed by atoms with van der Waals surface area (Å²) in [6.07, 6.45) is 0.872. The lowest BCUT2D eigenvalue weighted by Crippen LogP contribution is -2.31. The molecule has 3 aromatic rings. The molecule has 5 rings (SSSR count). The predicted octanol–water partition coefficient (Wildman–Crippen LogP) is 5.41. The second-order valence-electron chi connectivity index (χ2n) is 10.3. The van der Waals surface area contributed by atoms with E-state index in [1.54, 1.807) is 24.0 Å². The third-order valence-corrected chi connectivity index (χ3v) is 7.37. The molecule has 0 fully saturated rings. The van der Waals surface area contributed by atoms with Gasteiger partial charge in [-0.1, -0.05) is 23.7 Å². The number of ether oxygens (including phenoxy) is 1. The largest absolute Gasteiger partial charge is 0.490 e. The number of anilines is 4. The minimum atomic E-state index is -0.212. The molecule has 3 aromatic carbocycles. The normalized spacial score (nSPS) is 15.2. The van der Waals surface area contributed by atoms with E-state index in [2.05, 4.69) is 20.4 Å². The molecule has 2 N–H and O–H groups in total. The van der Waals surface area contributed by atoms with Gasteiger partial charge in [-0.15, -0.1) is 0 Å². The lowest BCUT2D eigenvalue weighted by atomic mass is 9.99. The summed E-state index contributed by atoms with van der Waals surface area (Å²) in [5.74, 6) is 0.557. The number of hydrogen-bond donors (Lipinski definition) is 2. The molecule has 0 atom stereocenters.